The van der Waals surface area contributed by atoms with Gasteiger partial charge in [-0.1, -0.05) is 84.0 Å². The van der Waals surface area contributed by atoms with Crippen LogP contribution in [0, 0.1) is 0 Å². The Bertz CT molecular complexity index is 470. The Balaban J connectivity index is 3.65. The number of rotatable bonds is 26. The number of carboxylic acids is 1. The van der Waals surface area contributed by atoms with E-state index in [-0.39, 0.29) is 12.3 Å². The van der Waals surface area contributed by atoms with Gasteiger partial charge in [-0.3, -0.25) is 9.59 Å². The molecule has 6 heteroatoms. The van der Waals surface area contributed by atoms with Gasteiger partial charge < -0.3 is 19.8 Å². The van der Waals surface area contributed by atoms with E-state index in [2.05, 4.69) is 6.92 Å². The van der Waals surface area contributed by atoms with Gasteiger partial charge in [0.05, 0.1) is 6.10 Å². The first-order valence-corrected chi connectivity index (χ1v) is 14.2. The molecule has 2 N–H and O–H groups in total. The van der Waals surface area contributed by atoms with E-state index in [1.807, 2.05) is 0 Å². The van der Waals surface area contributed by atoms with Gasteiger partial charge in [-0.05, 0) is 39.0 Å². The normalized spacial score (nSPS) is 12.1. The van der Waals surface area contributed by atoms with Gasteiger partial charge in [-0.25, -0.2) is 0 Å². The van der Waals surface area contributed by atoms with Gasteiger partial charge in [0.1, 0.15) is 0 Å². The molecule has 0 saturated carbocycles. The van der Waals surface area contributed by atoms with Crippen molar-refractivity contribution in [3.8, 4) is 0 Å². The highest BCUT2D eigenvalue weighted by molar-refractivity contribution is 5.76. The number of aliphatic carboxylic acids is 1. The van der Waals surface area contributed by atoms with Crippen LogP contribution >= 0.6 is 0 Å². The number of carbonyl (C=O) groups excluding carboxylic acids is 1. The number of unbranched alkanes of at least 4 members (excludes halogenated alkanes) is 14. The third-order valence-electron chi connectivity index (χ3n) is 6.23. The predicted octanol–water partition coefficient (Wildman–Crippen LogP) is 6.73. The van der Waals surface area contributed by atoms with Crippen LogP contribution in [-0.4, -0.2) is 59.4 Å². The molecule has 0 aliphatic carbocycles. The summed E-state index contributed by atoms with van der Waals surface area (Å²) in [4.78, 5) is 24.9. The maximum Gasteiger partial charge on any atom is 0.303 e. The largest absolute Gasteiger partial charge is 0.481 e. The van der Waals surface area contributed by atoms with Gasteiger partial charge in [-0.2, -0.15) is 0 Å². The van der Waals surface area contributed by atoms with Crippen LogP contribution in [0.5, 0.6) is 0 Å². The van der Waals surface area contributed by atoms with Crippen molar-refractivity contribution in [2.45, 2.75) is 142 Å². The van der Waals surface area contributed by atoms with Crippen LogP contribution in [0.3, 0.4) is 0 Å². The predicted molar refractivity (Wildman–Crippen MR) is 140 cm³/mol. The summed E-state index contributed by atoms with van der Waals surface area (Å²) < 4.78 is 5.74. The third-order valence-corrected chi connectivity index (χ3v) is 6.23. The molecule has 0 spiro atoms. The minimum atomic E-state index is -0.735. The van der Waals surface area contributed by atoms with Crippen molar-refractivity contribution in [2.24, 2.45) is 0 Å². The number of carbonyl (C=O) groups is 2. The molecule has 0 aromatic rings. The van der Waals surface area contributed by atoms with E-state index in [0.717, 1.165) is 77.4 Å². The molecule has 0 bridgehead atoms. The minimum Gasteiger partial charge on any atom is -0.481 e. The number of nitrogens with zero attached hydrogens (tertiary/aromatic N) is 1. The molecule has 0 fully saturated rings. The molecule has 1 unspecified atom stereocenters. The lowest BCUT2D eigenvalue weighted by molar-refractivity contribution is -0.137. The van der Waals surface area contributed by atoms with Crippen molar-refractivity contribution in [3.05, 3.63) is 0 Å². The van der Waals surface area contributed by atoms with Crippen molar-refractivity contribution in [1.29, 1.82) is 0 Å². The van der Waals surface area contributed by atoms with E-state index < -0.39 is 12.1 Å². The van der Waals surface area contributed by atoms with Crippen molar-refractivity contribution < 1.29 is 24.5 Å². The molecule has 34 heavy (non-hydrogen) atoms. The van der Waals surface area contributed by atoms with Crippen molar-refractivity contribution in [2.75, 3.05) is 26.3 Å². The quantitative estimate of drug-likeness (QED) is 0.133. The summed E-state index contributed by atoms with van der Waals surface area (Å²) >= 11 is 0. The van der Waals surface area contributed by atoms with Crippen LogP contribution in [-0.2, 0) is 14.3 Å². The number of aliphatic hydroxyl groups excluding tert-OH is 1. The van der Waals surface area contributed by atoms with E-state index in [0.29, 0.717) is 19.5 Å². The van der Waals surface area contributed by atoms with E-state index in [4.69, 9.17) is 9.84 Å². The molecule has 0 aliphatic heterocycles. The highest BCUT2D eigenvalue weighted by Crippen LogP contribution is 2.11. The summed E-state index contributed by atoms with van der Waals surface area (Å²) in [5, 5.41) is 18.4. The van der Waals surface area contributed by atoms with Crippen LogP contribution < -0.4 is 0 Å². The SMILES string of the molecule is CCCCCCCCCOCCCCCCCC(=O)N(CCCCCCCC(=O)O)CC(C)O. The first-order chi connectivity index (χ1) is 16.5. The van der Waals surface area contributed by atoms with Gasteiger partial charge in [0, 0.05) is 39.1 Å². The zero-order valence-electron chi connectivity index (χ0n) is 22.4. The number of hydrogen-bond donors (Lipinski definition) is 2. The maximum atomic E-state index is 12.6. The van der Waals surface area contributed by atoms with Crippen LogP contribution in [0.1, 0.15) is 136 Å². The summed E-state index contributed by atoms with van der Waals surface area (Å²) in [6.07, 6.45) is 19.4. The number of carboxylic acid groups (broad SMARTS) is 1. The summed E-state index contributed by atoms with van der Waals surface area (Å²) in [6, 6.07) is 0. The number of amides is 1. The Kier molecular flexibility index (Phi) is 24.1. The van der Waals surface area contributed by atoms with Gasteiger partial charge in [0.2, 0.25) is 5.91 Å². The number of aliphatic hydroxyl groups is 1. The highest BCUT2D eigenvalue weighted by Gasteiger charge is 2.14. The lowest BCUT2D eigenvalue weighted by Gasteiger charge is -2.24. The molecule has 0 radical (unpaired) electrons. The number of ether oxygens (including phenoxy) is 1. The molecule has 0 aromatic heterocycles. The molecule has 0 aliphatic rings. The van der Waals surface area contributed by atoms with Gasteiger partial charge in [0.15, 0.2) is 0 Å². The maximum absolute atomic E-state index is 12.6. The van der Waals surface area contributed by atoms with Gasteiger partial charge >= 0.3 is 5.97 Å². The second kappa shape index (κ2) is 25.0. The van der Waals surface area contributed by atoms with Crippen molar-refractivity contribution >= 4 is 11.9 Å². The number of hydrogen-bond acceptors (Lipinski definition) is 4. The standard InChI is InChI=1S/C28H55NO5/c1-3-4-5-6-7-13-18-23-34-24-19-14-9-10-15-20-27(31)29(25-26(2)30)22-17-12-8-11-16-21-28(32)33/h26,30H,3-25H2,1-2H3,(H,32,33). The van der Waals surface area contributed by atoms with Crippen LogP contribution in [0.4, 0.5) is 0 Å². The average Bonchev–Trinajstić information content (AvgIpc) is 2.79. The minimum absolute atomic E-state index is 0.143. The lowest BCUT2D eigenvalue weighted by Crippen LogP contribution is -2.37. The van der Waals surface area contributed by atoms with E-state index >= 15 is 0 Å². The van der Waals surface area contributed by atoms with Crippen LogP contribution in [0.25, 0.3) is 0 Å². The second-order valence-corrected chi connectivity index (χ2v) is 9.85. The molecular weight excluding hydrogens is 430 g/mol. The fourth-order valence-electron chi connectivity index (χ4n) is 4.18. The van der Waals surface area contributed by atoms with Gasteiger partial charge in [0.25, 0.3) is 0 Å². The zero-order chi connectivity index (χ0) is 25.3. The zero-order valence-corrected chi connectivity index (χ0v) is 22.4. The second-order valence-electron chi connectivity index (χ2n) is 9.85. The summed E-state index contributed by atoms with van der Waals surface area (Å²) in [7, 11) is 0. The van der Waals surface area contributed by atoms with Crippen LogP contribution in [0.15, 0.2) is 0 Å². The molecular formula is C28H55NO5. The first-order valence-electron chi connectivity index (χ1n) is 14.2. The van der Waals surface area contributed by atoms with E-state index in [9.17, 15) is 14.7 Å². The van der Waals surface area contributed by atoms with Crippen molar-refractivity contribution in [1.82, 2.24) is 4.90 Å². The lowest BCUT2D eigenvalue weighted by atomic mass is 10.1. The topological polar surface area (TPSA) is 87.1 Å². The monoisotopic (exact) mass is 485 g/mol. The Hall–Kier alpha value is -1.14. The Morgan fingerprint density at radius 2 is 1.18 bits per heavy atom. The fourth-order valence-corrected chi connectivity index (χ4v) is 4.18. The molecule has 0 aromatic carbocycles. The smallest absolute Gasteiger partial charge is 0.303 e. The summed E-state index contributed by atoms with van der Waals surface area (Å²) in [6.45, 7) is 6.80. The highest BCUT2D eigenvalue weighted by atomic mass is 16.5. The average molecular weight is 486 g/mol. The van der Waals surface area contributed by atoms with Gasteiger partial charge in [-0.15, -0.1) is 0 Å². The molecule has 6 nitrogen and oxygen atoms in total. The van der Waals surface area contributed by atoms with Crippen molar-refractivity contribution in [3.63, 3.8) is 0 Å². The molecule has 0 heterocycles. The molecule has 0 saturated heterocycles. The molecule has 1 atom stereocenters. The van der Waals surface area contributed by atoms with Crippen LogP contribution in [0.2, 0.25) is 0 Å². The Morgan fingerprint density at radius 1 is 0.706 bits per heavy atom. The summed E-state index contributed by atoms with van der Waals surface area (Å²) in [5.41, 5.74) is 0. The van der Waals surface area contributed by atoms with E-state index in [1.165, 1.54) is 44.9 Å². The Morgan fingerprint density at radius 3 is 1.71 bits per heavy atom. The Labute approximate surface area is 209 Å². The molecule has 0 rings (SSSR count). The first kappa shape index (κ1) is 32.9. The molecule has 202 valence electrons. The third kappa shape index (κ3) is 24.0. The molecule has 1 amide bonds. The summed E-state index contributed by atoms with van der Waals surface area (Å²) in [5.74, 6) is -0.592. The fraction of sp³-hybridized carbons (Fsp3) is 0.929. The van der Waals surface area contributed by atoms with E-state index in [1.54, 1.807) is 11.8 Å².